The lowest BCUT2D eigenvalue weighted by atomic mass is 10.2. The van der Waals surface area contributed by atoms with Gasteiger partial charge in [0.1, 0.15) is 5.75 Å². The first kappa shape index (κ1) is 14.3. The highest BCUT2D eigenvalue weighted by Gasteiger charge is 2.30. The van der Waals surface area contributed by atoms with Gasteiger partial charge in [-0.1, -0.05) is 12.1 Å². The molecule has 0 aliphatic heterocycles. The molecule has 106 valence electrons. The minimum absolute atomic E-state index is 0.115. The Kier molecular flexibility index (Phi) is 3.94. The normalized spacial score (nSPS) is 11.4. The molecule has 0 saturated carbocycles. The van der Waals surface area contributed by atoms with E-state index in [0.717, 1.165) is 18.2 Å². The van der Waals surface area contributed by atoms with Crippen LogP contribution in [0.2, 0.25) is 0 Å². The van der Waals surface area contributed by atoms with E-state index in [9.17, 15) is 17.6 Å². The molecule has 20 heavy (non-hydrogen) atoms. The van der Waals surface area contributed by atoms with Crippen molar-refractivity contribution in [3.05, 3.63) is 59.4 Å². The summed E-state index contributed by atoms with van der Waals surface area (Å²) in [5.74, 6) is -1.08. The summed E-state index contributed by atoms with van der Waals surface area (Å²) in [5, 5.41) is 8.84. The predicted octanol–water partition coefficient (Wildman–Crippen LogP) is 4.13. The summed E-state index contributed by atoms with van der Waals surface area (Å²) in [7, 11) is 0. The molecule has 0 aliphatic carbocycles. The molecule has 0 aliphatic rings. The number of aliphatic hydroxyl groups excluding tert-OH is 1. The zero-order valence-corrected chi connectivity index (χ0v) is 10.1. The molecule has 0 unspecified atom stereocenters. The Bertz CT molecular complexity index is 608. The van der Waals surface area contributed by atoms with Gasteiger partial charge >= 0.3 is 6.18 Å². The summed E-state index contributed by atoms with van der Waals surface area (Å²) < 4.78 is 56.3. The number of hydrogen-bond donors (Lipinski definition) is 1. The molecule has 2 aromatic rings. The zero-order valence-electron chi connectivity index (χ0n) is 10.1. The smallest absolute Gasteiger partial charge is 0.416 e. The Hall–Kier alpha value is -2.08. The summed E-state index contributed by atoms with van der Waals surface area (Å²) in [6, 6.07) is 7.90. The Morgan fingerprint density at radius 1 is 1.05 bits per heavy atom. The van der Waals surface area contributed by atoms with Crippen molar-refractivity contribution in [2.75, 3.05) is 0 Å². The second-order valence-electron chi connectivity index (χ2n) is 4.05. The number of rotatable bonds is 3. The summed E-state index contributed by atoms with van der Waals surface area (Å²) in [6.45, 7) is -0.333. The first-order valence-electron chi connectivity index (χ1n) is 5.64. The van der Waals surface area contributed by atoms with Crippen molar-refractivity contribution < 1.29 is 27.4 Å². The van der Waals surface area contributed by atoms with Crippen LogP contribution in [0, 0.1) is 5.82 Å². The zero-order chi connectivity index (χ0) is 14.8. The summed E-state index contributed by atoms with van der Waals surface area (Å²) >= 11 is 0. The Balaban J connectivity index is 2.26. The first-order valence-corrected chi connectivity index (χ1v) is 5.64. The number of halogens is 4. The van der Waals surface area contributed by atoms with Crippen molar-refractivity contribution in [3.8, 4) is 11.5 Å². The Morgan fingerprint density at radius 3 is 2.40 bits per heavy atom. The maximum atomic E-state index is 13.6. The van der Waals surface area contributed by atoms with Gasteiger partial charge in [-0.3, -0.25) is 0 Å². The molecule has 0 radical (unpaired) electrons. The monoisotopic (exact) mass is 286 g/mol. The quantitative estimate of drug-likeness (QED) is 0.860. The van der Waals surface area contributed by atoms with Crippen molar-refractivity contribution >= 4 is 0 Å². The van der Waals surface area contributed by atoms with Crippen LogP contribution in [0.25, 0.3) is 0 Å². The van der Waals surface area contributed by atoms with Crippen LogP contribution < -0.4 is 4.74 Å². The van der Waals surface area contributed by atoms with Crippen molar-refractivity contribution in [1.29, 1.82) is 0 Å². The van der Waals surface area contributed by atoms with Crippen LogP contribution in [0.3, 0.4) is 0 Å². The van der Waals surface area contributed by atoms with E-state index in [2.05, 4.69) is 0 Å². The van der Waals surface area contributed by atoms with Crippen LogP contribution in [-0.4, -0.2) is 5.11 Å². The van der Waals surface area contributed by atoms with Crippen molar-refractivity contribution in [2.24, 2.45) is 0 Å². The van der Waals surface area contributed by atoms with Crippen molar-refractivity contribution in [3.63, 3.8) is 0 Å². The SMILES string of the molecule is OCc1ccc(Oc2cccc(C(F)(F)F)c2)c(F)c1. The van der Waals surface area contributed by atoms with Gasteiger partial charge in [-0.05, 0) is 35.9 Å². The molecule has 1 N–H and O–H groups in total. The number of hydrogen-bond acceptors (Lipinski definition) is 2. The third-order valence-corrected chi connectivity index (χ3v) is 2.57. The van der Waals surface area contributed by atoms with E-state index in [-0.39, 0.29) is 18.1 Å². The van der Waals surface area contributed by atoms with Gasteiger partial charge in [0.25, 0.3) is 0 Å². The Labute approximate surface area is 112 Å². The molecule has 2 rings (SSSR count). The second-order valence-corrected chi connectivity index (χ2v) is 4.05. The van der Waals surface area contributed by atoms with Gasteiger partial charge in [-0.15, -0.1) is 0 Å². The van der Waals surface area contributed by atoms with Crippen LogP contribution in [-0.2, 0) is 12.8 Å². The van der Waals surface area contributed by atoms with Gasteiger partial charge in [-0.2, -0.15) is 13.2 Å². The van der Waals surface area contributed by atoms with E-state index in [1.807, 2.05) is 0 Å². The molecule has 0 bridgehead atoms. The van der Waals surface area contributed by atoms with Gasteiger partial charge in [0.05, 0.1) is 12.2 Å². The fourth-order valence-corrected chi connectivity index (χ4v) is 1.59. The molecule has 2 nitrogen and oxygen atoms in total. The van der Waals surface area contributed by atoms with Crippen molar-refractivity contribution in [2.45, 2.75) is 12.8 Å². The van der Waals surface area contributed by atoms with Gasteiger partial charge in [0.15, 0.2) is 11.6 Å². The summed E-state index contributed by atoms with van der Waals surface area (Å²) in [4.78, 5) is 0. The molecule has 0 spiro atoms. The molecule has 0 heterocycles. The van der Waals surface area contributed by atoms with Gasteiger partial charge in [0, 0.05) is 0 Å². The molecule has 0 amide bonds. The van der Waals surface area contributed by atoms with Crippen LogP contribution in [0.1, 0.15) is 11.1 Å². The first-order chi connectivity index (χ1) is 9.40. The largest absolute Gasteiger partial charge is 0.454 e. The van der Waals surface area contributed by atoms with Crippen molar-refractivity contribution in [1.82, 2.24) is 0 Å². The highest BCUT2D eigenvalue weighted by atomic mass is 19.4. The van der Waals surface area contributed by atoms with E-state index in [0.29, 0.717) is 5.56 Å². The molecule has 0 atom stereocenters. The maximum Gasteiger partial charge on any atom is 0.416 e. The topological polar surface area (TPSA) is 29.5 Å². The van der Waals surface area contributed by atoms with Gasteiger partial charge in [-0.25, -0.2) is 4.39 Å². The maximum absolute atomic E-state index is 13.6. The lowest BCUT2D eigenvalue weighted by molar-refractivity contribution is -0.137. The predicted molar refractivity (Wildman–Crippen MR) is 63.8 cm³/mol. The number of ether oxygens (including phenoxy) is 1. The van der Waals surface area contributed by atoms with Crippen LogP contribution in [0.5, 0.6) is 11.5 Å². The molecule has 2 aromatic carbocycles. The van der Waals surface area contributed by atoms with Crippen LogP contribution in [0.15, 0.2) is 42.5 Å². The summed E-state index contributed by atoms with van der Waals surface area (Å²) in [5.41, 5.74) is -0.527. The van der Waals surface area contributed by atoms with E-state index < -0.39 is 17.6 Å². The molecule has 0 saturated heterocycles. The minimum atomic E-state index is -4.49. The van der Waals surface area contributed by atoms with Gasteiger partial charge < -0.3 is 9.84 Å². The number of alkyl halides is 3. The van der Waals surface area contributed by atoms with E-state index in [1.165, 1.54) is 24.3 Å². The summed E-state index contributed by atoms with van der Waals surface area (Å²) in [6.07, 6.45) is -4.49. The fraction of sp³-hybridized carbons (Fsp3) is 0.143. The second kappa shape index (κ2) is 5.50. The van der Waals surface area contributed by atoms with Crippen LogP contribution in [0.4, 0.5) is 17.6 Å². The molecule has 6 heteroatoms. The highest BCUT2D eigenvalue weighted by Crippen LogP contribution is 2.33. The molecule has 0 fully saturated rings. The minimum Gasteiger partial charge on any atom is -0.454 e. The third-order valence-electron chi connectivity index (χ3n) is 2.57. The van der Waals surface area contributed by atoms with E-state index in [4.69, 9.17) is 9.84 Å². The Morgan fingerprint density at radius 2 is 1.80 bits per heavy atom. The average Bonchev–Trinajstić information content (AvgIpc) is 2.40. The third kappa shape index (κ3) is 3.27. The van der Waals surface area contributed by atoms with Gasteiger partial charge in [0.2, 0.25) is 0 Å². The molecule has 0 aromatic heterocycles. The van der Waals surface area contributed by atoms with E-state index >= 15 is 0 Å². The highest BCUT2D eigenvalue weighted by molar-refractivity contribution is 5.36. The lowest BCUT2D eigenvalue weighted by Crippen LogP contribution is -2.04. The van der Waals surface area contributed by atoms with Crippen LogP contribution >= 0.6 is 0 Å². The average molecular weight is 286 g/mol. The molecular weight excluding hydrogens is 276 g/mol. The number of benzene rings is 2. The van der Waals surface area contributed by atoms with E-state index in [1.54, 1.807) is 0 Å². The molecular formula is C14H10F4O2. The standard InChI is InChI=1S/C14H10F4O2/c15-12-6-9(8-19)4-5-13(12)20-11-3-1-2-10(7-11)14(16,17)18/h1-7,19H,8H2. The number of aliphatic hydroxyl groups is 1. The fourth-order valence-electron chi connectivity index (χ4n) is 1.59. The lowest BCUT2D eigenvalue weighted by Gasteiger charge is -2.10.